The maximum Gasteiger partial charge on any atom is 0.233 e. The average Bonchev–Trinajstić information content (AvgIpc) is 2.93. The predicted molar refractivity (Wildman–Crippen MR) is 101 cm³/mol. The van der Waals surface area contributed by atoms with Crippen molar-refractivity contribution in [3.05, 3.63) is 42.2 Å². The normalized spacial score (nSPS) is 21.0. The summed E-state index contributed by atoms with van der Waals surface area (Å²) in [6.07, 6.45) is 5.08. The first-order valence-electron chi connectivity index (χ1n) is 8.97. The van der Waals surface area contributed by atoms with Crippen molar-refractivity contribution < 1.29 is 14.3 Å². The molecule has 2 aromatic rings. The van der Waals surface area contributed by atoms with Gasteiger partial charge in [0, 0.05) is 0 Å². The first-order valence-corrected chi connectivity index (χ1v) is 8.97. The van der Waals surface area contributed by atoms with Crippen molar-refractivity contribution in [2.45, 2.75) is 19.4 Å². The Morgan fingerprint density at radius 3 is 2.46 bits per heavy atom. The number of carbonyl (C=O) groups excluding carboxylic acids is 2. The van der Waals surface area contributed by atoms with E-state index in [9.17, 15) is 9.59 Å². The number of benzene rings is 1. The lowest BCUT2D eigenvalue weighted by Gasteiger charge is -2.15. The van der Waals surface area contributed by atoms with Crippen molar-refractivity contribution in [2.75, 3.05) is 18.2 Å². The van der Waals surface area contributed by atoms with E-state index in [-0.39, 0.29) is 47.9 Å². The molecule has 2 atom stereocenters. The minimum absolute atomic E-state index is 0.000533. The van der Waals surface area contributed by atoms with Crippen LogP contribution < -0.4 is 15.8 Å². The molecule has 0 bridgehead atoms. The van der Waals surface area contributed by atoms with Crippen LogP contribution in [0.25, 0.3) is 0 Å². The molecule has 9 heteroatoms. The molecule has 1 aromatic carbocycles. The fourth-order valence-corrected chi connectivity index (χ4v) is 3.60. The highest BCUT2D eigenvalue weighted by molar-refractivity contribution is 6.05. The maximum atomic E-state index is 12.6. The number of ether oxygens (including phenoxy) is 1. The number of methoxy groups -OCH3 is 1. The van der Waals surface area contributed by atoms with Crippen LogP contribution in [0.5, 0.6) is 5.75 Å². The van der Waals surface area contributed by atoms with Crippen molar-refractivity contribution in [1.29, 1.82) is 0 Å². The van der Waals surface area contributed by atoms with Crippen molar-refractivity contribution in [3.63, 3.8) is 0 Å². The molecule has 3 N–H and O–H groups in total. The van der Waals surface area contributed by atoms with Gasteiger partial charge in [0.15, 0.2) is 5.82 Å². The van der Waals surface area contributed by atoms with Gasteiger partial charge >= 0.3 is 0 Å². The molecule has 28 heavy (non-hydrogen) atoms. The third kappa shape index (κ3) is 3.26. The van der Waals surface area contributed by atoms with Crippen molar-refractivity contribution in [1.82, 2.24) is 19.9 Å². The third-order valence-corrected chi connectivity index (χ3v) is 4.95. The topological polar surface area (TPSA) is 123 Å². The molecule has 2 heterocycles. The summed E-state index contributed by atoms with van der Waals surface area (Å²) in [5.74, 6) is 0.134. The number of nitrogens with zero attached hydrogens (tertiary/aromatic N) is 4. The summed E-state index contributed by atoms with van der Waals surface area (Å²) in [5, 5.41) is 3.04. The number of hydrogen-bond donors (Lipinski definition) is 2. The van der Waals surface area contributed by atoms with Crippen LogP contribution in [0, 0.1) is 11.8 Å². The fraction of sp³-hybridized carbons (Fsp3) is 0.316. The summed E-state index contributed by atoms with van der Waals surface area (Å²) in [7, 11) is 1.56. The van der Waals surface area contributed by atoms with Crippen LogP contribution >= 0.6 is 0 Å². The number of para-hydroxylation sites is 2. The zero-order valence-electron chi connectivity index (χ0n) is 15.3. The molecule has 1 aliphatic carbocycles. The Morgan fingerprint density at radius 2 is 1.79 bits per heavy atom. The van der Waals surface area contributed by atoms with Crippen LogP contribution in [-0.2, 0) is 16.1 Å². The molecule has 144 valence electrons. The van der Waals surface area contributed by atoms with Crippen molar-refractivity contribution in [2.24, 2.45) is 11.8 Å². The zero-order valence-corrected chi connectivity index (χ0v) is 15.3. The van der Waals surface area contributed by atoms with Gasteiger partial charge in [-0.05, 0) is 25.0 Å². The minimum Gasteiger partial charge on any atom is -0.495 e. The second-order valence-electron chi connectivity index (χ2n) is 6.68. The lowest BCUT2D eigenvalue weighted by Crippen LogP contribution is -2.31. The van der Waals surface area contributed by atoms with Gasteiger partial charge in [-0.25, -0.2) is 0 Å². The Balaban J connectivity index is 1.56. The van der Waals surface area contributed by atoms with Gasteiger partial charge in [-0.2, -0.15) is 15.0 Å². The molecule has 9 nitrogen and oxygen atoms in total. The van der Waals surface area contributed by atoms with Crippen molar-refractivity contribution in [3.8, 4) is 5.75 Å². The molecular weight excluding hydrogens is 360 g/mol. The van der Waals surface area contributed by atoms with E-state index in [0.29, 0.717) is 24.3 Å². The van der Waals surface area contributed by atoms with Gasteiger partial charge in [0.25, 0.3) is 0 Å². The molecule has 2 aliphatic rings. The summed E-state index contributed by atoms with van der Waals surface area (Å²) in [6.45, 7) is -0.0298. The number of nitrogen functional groups attached to an aromatic ring is 1. The monoisotopic (exact) mass is 380 g/mol. The Bertz CT molecular complexity index is 934. The number of nitrogens with one attached hydrogen (secondary N) is 1. The van der Waals surface area contributed by atoms with Gasteiger partial charge in [-0.3, -0.25) is 14.5 Å². The molecule has 0 unspecified atom stereocenters. The highest BCUT2D eigenvalue weighted by atomic mass is 16.5. The van der Waals surface area contributed by atoms with E-state index < -0.39 is 0 Å². The Morgan fingerprint density at radius 1 is 1.11 bits per heavy atom. The number of rotatable bonds is 5. The number of likely N-dealkylation sites (tertiary alicyclic amines) is 1. The van der Waals surface area contributed by atoms with Crippen LogP contribution in [0.4, 0.5) is 17.6 Å². The molecule has 4 rings (SSSR count). The number of fused-ring (bicyclic) bond motifs is 1. The van der Waals surface area contributed by atoms with Crippen molar-refractivity contribution >= 4 is 29.4 Å². The molecule has 1 aromatic heterocycles. The molecular formula is C19H20N6O3. The van der Waals surface area contributed by atoms with Gasteiger partial charge in [0.2, 0.25) is 23.7 Å². The van der Waals surface area contributed by atoms with Crippen LogP contribution in [0.1, 0.15) is 18.7 Å². The Labute approximate surface area is 161 Å². The number of nitrogens with two attached hydrogens (primary N) is 1. The van der Waals surface area contributed by atoms with E-state index in [4.69, 9.17) is 10.5 Å². The van der Waals surface area contributed by atoms with Crippen LogP contribution in [0.3, 0.4) is 0 Å². The van der Waals surface area contributed by atoms with E-state index in [1.807, 2.05) is 30.4 Å². The first-order chi connectivity index (χ1) is 13.6. The number of imide groups is 1. The van der Waals surface area contributed by atoms with E-state index in [1.54, 1.807) is 13.2 Å². The molecule has 0 spiro atoms. The highest BCUT2D eigenvalue weighted by Gasteiger charge is 2.47. The van der Waals surface area contributed by atoms with E-state index >= 15 is 0 Å². The number of allylic oxidation sites excluding steroid dienone is 2. The molecule has 1 aliphatic heterocycles. The number of hydrogen-bond acceptors (Lipinski definition) is 8. The minimum atomic E-state index is -0.289. The highest BCUT2D eigenvalue weighted by Crippen LogP contribution is 2.35. The summed E-state index contributed by atoms with van der Waals surface area (Å²) in [6, 6.07) is 7.29. The summed E-state index contributed by atoms with van der Waals surface area (Å²) in [5.41, 5.74) is 6.47. The van der Waals surface area contributed by atoms with Crippen LogP contribution in [-0.4, -0.2) is 38.8 Å². The largest absolute Gasteiger partial charge is 0.495 e. The van der Waals surface area contributed by atoms with Gasteiger partial charge in [-0.15, -0.1) is 0 Å². The average molecular weight is 380 g/mol. The number of amides is 2. The Hall–Kier alpha value is -3.49. The van der Waals surface area contributed by atoms with Gasteiger partial charge < -0.3 is 15.8 Å². The van der Waals surface area contributed by atoms with Crippen LogP contribution in [0.2, 0.25) is 0 Å². The summed E-state index contributed by atoms with van der Waals surface area (Å²) >= 11 is 0. The van der Waals surface area contributed by atoms with E-state index in [2.05, 4.69) is 20.3 Å². The lowest BCUT2D eigenvalue weighted by atomic mass is 9.85. The number of aromatic nitrogens is 3. The van der Waals surface area contributed by atoms with E-state index in [1.165, 1.54) is 4.90 Å². The smallest absolute Gasteiger partial charge is 0.233 e. The molecule has 1 saturated heterocycles. The second-order valence-corrected chi connectivity index (χ2v) is 6.68. The molecule has 0 saturated carbocycles. The lowest BCUT2D eigenvalue weighted by molar-refractivity contribution is -0.140. The van der Waals surface area contributed by atoms with Gasteiger partial charge in [0.1, 0.15) is 5.75 Å². The third-order valence-electron chi connectivity index (χ3n) is 4.95. The van der Waals surface area contributed by atoms with Gasteiger partial charge in [-0.1, -0.05) is 24.3 Å². The second kappa shape index (κ2) is 7.26. The molecule has 1 fully saturated rings. The molecule has 0 radical (unpaired) electrons. The first kappa shape index (κ1) is 17.9. The quantitative estimate of drug-likeness (QED) is 0.593. The summed E-state index contributed by atoms with van der Waals surface area (Å²) in [4.78, 5) is 39.0. The maximum absolute atomic E-state index is 12.6. The zero-order chi connectivity index (χ0) is 19.7. The van der Waals surface area contributed by atoms with Gasteiger partial charge in [0.05, 0.1) is 31.2 Å². The molecule has 2 amide bonds. The summed E-state index contributed by atoms with van der Waals surface area (Å²) < 4.78 is 5.30. The van der Waals surface area contributed by atoms with Crippen LogP contribution in [0.15, 0.2) is 36.4 Å². The van der Waals surface area contributed by atoms with E-state index in [0.717, 1.165) is 0 Å². The fourth-order valence-electron chi connectivity index (χ4n) is 3.60. The Kier molecular flexibility index (Phi) is 4.64. The standard InChI is InChI=1S/C19H20N6O3/c1-28-14-9-5-4-8-13(14)21-19-23-15(22-18(20)24-19)10-25-16(26)11-6-2-3-7-12(11)17(25)27/h2-5,8-9,11-12H,6-7,10H2,1H3,(H3,20,21,22,23,24)/t11-,12+. The number of anilines is 3. The SMILES string of the molecule is COc1ccccc1Nc1nc(N)nc(CN2C(=O)[C@H]3CC=CC[C@H]3C2=O)n1. The number of carbonyl (C=O) groups is 2. The predicted octanol–water partition coefficient (Wildman–Crippen LogP) is 1.66.